The third-order valence-corrected chi connectivity index (χ3v) is 5.09. The molecule has 0 aromatic carbocycles. The van der Waals surface area contributed by atoms with E-state index < -0.39 is 11.8 Å². The van der Waals surface area contributed by atoms with Crippen LogP contribution in [0.5, 0.6) is 0 Å². The molecule has 2 fully saturated rings. The van der Waals surface area contributed by atoms with Gasteiger partial charge in [0.05, 0.1) is 6.04 Å². The highest BCUT2D eigenvalue weighted by Gasteiger charge is 2.59. The van der Waals surface area contributed by atoms with Crippen molar-refractivity contribution in [2.75, 3.05) is 0 Å². The van der Waals surface area contributed by atoms with Crippen LogP contribution in [0, 0.1) is 12.3 Å². The van der Waals surface area contributed by atoms with Gasteiger partial charge in [0.2, 0.25) is 5.91 Å². The summed E-state index contributed by atoms with van der Waals surface area (Å²) >= 11 is 0. The summed E-state index contributed by atoms with van der Waals surface area (Å²) in [4.78, 5) is 18.6. The number of aromatic nitrogens is 1. The molecule has 3 nitrogen and oxygen atoms in total. The molecule has 3 atom stereocenters. The van der Waals surface area contributed by atoms with Gasteiger partial charge in [-0.1, -0.05) is 13.0 Å². The molecule has 21 heavy (non-hydrogen) atoms. The second kappa shape index (κ2) is 5.04. The van der Waals surface area contributed by atoms with Crippen molar-refractivity contribution in [2.45, 2.75) is 58.0 Å². The first-order valence-electron chi connectivity index (χ1n) is 7.52. The number of fused-ring (bicyclic) bond motifs is 1. The maximum Gasteiger partial charge on any atom is 0.252 e. The fraction of sp³-hybridized carbons (Fsp3) is 0.625. The SMILES string of the molecule is CC[C@]1(C(F)F)C[C@@H]2CC[C@H](c3cncc(C)c3)N2C1=O. The van der Waals surface area contributed by atoms with Crippen LogP contribution in [-0.2, 0) is 4.79 Å². The van der Waals surface area contributed by atoms with E-state index in [2.05, 4.69) is 4.98 Å². The molecule has 0 spiro atoms. The van der Waals surface area contributed by atoms with Crippen molar-refractivity contribution < 1.29 is 13.6 Å². The minimum Gasteiger partial charge on any atom is -0.332 e. The van der Waals surface area contributed by atoms with Crippen molar-refractivity contribution in [1.82, 2.24) is 9.88 Å². The minimum atomic E-state index is -2.59. The van der Waals surface area contributed by atoms with Gasteiger partial charge in [0.1, 0.15) is 5.41 Å². The highest BCUT2D eigenvalue weighted by molar-refractivity contribution is 5.86. The predicted molar refractivity (Wildman–Crippen MR) is 74.9 cm³/mol. The lowest BCUT2D eigenvalue weighted by Crippen LogP contribution is -2.40. The van der Waals surface area contributed by atoms with E-state index in [-0.39, 0.29) is 30.8 Å². The molecule has 3 heterocycles. The van der Waals surface area contributed by atoms with Crippen molar-refractivity contribution in [1.29, 1.82) is 0 Å². The number of aryl methyl sites for hydroxylation is 1. The van der Waals surface area contributed by atoms with E-state index >= 15 is 0 Å². The Bertz CT molecular complexity index is 563. The van der Waals surface area contributed by atoms with E-state index in [4.69, 9.17) is 0 Å². The lowest BCUT2D eigenvalue weighted by atomic mass is 9.81. The van der Waals surface area contributed by atoms with Gasteiger partial charge in [0, 0.05) is 18.4 Å². The third kappa shape index (κ3) is 2.05. The van der Waals surface area contributed by atoms with Gasteiger partial charge in [-0.2, -0.15) is 0 Å². The molecule has 2 saturated heterocycles. The average molecular weight is 294 g/mol. The van der Waals surface area contributed by atoms with E-state index in [0.29, 0.717) is 0 Å². The quantitative estimate of drug-likeness (QED) is 0.855. The number of halogens is 2. The molecule has 1 amide bonds. The lowest BCUT2D eigenvalue weighted by Gasteiger charge is -2.29. The summed E-state index contributed by atoms with van der Waals surface area (Å²) in [6, 6.07) is 1.86. The fourth-order valence-corrected chi connectivity index (χ4v) is 3.88. The Labute approximate surface area is 123 Å². The molecule has 3 rings (SSSR count). The topological polar surface area (TPSA) is 33.2 Å². The van der Waals surface area contributed by atoms with Crippen LogP contribution in [0.15, 0.2) is 18.5 Å². The molecule has 2 aliphatic heterocycles. The average Bonchev–Trinajstić information content (AvgIpc) is 2.98. The zero-order chi connectivity index (χ0) is 15.2. The highest BCUT2D eigenvalue weighted by atomic mass is 19.3. The van der Waals surface area contributed by atoms with Gasteiger partial charge in [-0.05, 0) is 43.7 Å². The van der Waals surface area contributed by atoms with Crippen LogP contribution in [-0.4, -0.2) is 28.3 Å². The second-order valence-corrected chi connectivity index (χ2v) is 6.27. The van der Waals surface area contributed by atoms with Crippen LogP contribution >= 0.6 is 0 Å². The van der Waals surface area contributed by atoms with Gasteiger partial charge in [0.15, 0.2) is 0 Å². The van der Waals surface area contributed by atoms with Crippen molar-refractivity contribution >= 4 is 5.91 Å². The first-order chi connectivity index (χ1) is 9.99. The van der Waals surface area contributed by atoms with Gasteiger partial charge in [-0.15, -0.1) is 0 Å². The Hall–Kier alpha value is -1.52. The summed E-state index contributed by atoms with van der Waals surface area (Å²) in [5.41, 5.74) is 0.519. The Morgan fingerprint density at radius 2 is 2.19 bits per heavy atom. The Kier molecular flexibility index (Phi) is 3.46. The normalized spacial score (nSPS) is 32.0. The summed E-state index contributed by atoms with van der Waals surface area (Å²) in [5, 5.41) is 0. The van der Waals surface area contributed by atoms with Gasteiger partial charge in [0.25, 0.3) is 6.43 Å². The molecule has 0 unspecified atom stereocenters. The molecular weight excluding hydrogens is 274 g/mol. The van der Waals surface area contributed by atoms with Crippen LogP contribution in [0.1, 0.15) is 49.8 Å². The first kappa shape index (κ1) is 14.4. The van der Waals surface area contributed by atoms with Crippen LogP contribution in [0.3, 0.4) is 0 Å². The Balaban J connectivity index is 1.94. The molecule has 0 bridgehead atoms. The zero-order valence-electron chi connectivity index (χ0n) is 12.4. The second-order valence-electron chi connectivity index (χ2n) is 6.27. The number of alkyl halides is 2. The number of hydrogen-bond acceptors (Lipinski definition) is 2. The van der Waals surface area contributed by atoms with Crippen LogP contribution in [0.4, 0.5) is 8.78 Å². The molecule has 114 valence electrons. The van der Waals surface area contributed by atoms with Crippen LogP contribution in [0.2, 0.25) is 0 Å². The van der Waals surface area contributed by atoms with E-state index in [1.807, 2.05) is 13.0 Å². The third-order valence-electron chi connectivity index (χ3n) is 5.09. The molecule has 0 N–H and O–H groups in total. The van der Waals surface area contributed by atoms with Crippen LogP contribution in [0.25, 0.3) is 0 Å². The van der Waals surface area contributed by atoms with Crippen molar-refractivity contribution in [3.8, 4) is 0 Å². The molecule has 1 aromatic heterocycles. The summed E-state index contributed by atoms with van der Waals surface area (Å²) in [6.45, 7) is 3.64. The summed E-state index contributed by atoms with van der Waals surface area (Å²) in [7, 11) is 0. The molecule has 0 aliphatic carbocycles. The van der Waals surface area contributed by atoms with E-state index in [1.165, 1.54) is 0 Å². The van der Waals surface area contributed by atoms with Crippen molar-refractivity contribution in [3.05, 3.63) is 29.6 Å². The van der Waals surface area contributed by atoms with Crippen molar-refractivity contribution in [2.24, 2.45) is 5.41 Å². The molecule has 1 aromatic rings. The van der Waals surface area contributed by atoms with Gasteiger partial charge in [-0.25, -0.2) is 8.78 Å². The summed E-state index contributed by atoms with van der Waals surface area (Å²) in [5.74, 6) is -0.367. The number of carbonyl (C=O) groups is 1. The molecule has 5 heteroatoms. The van der Waals surface area contributed by atoms with Crippen molar-refractivity contribution in [3.63, 3.8) is 0 Å². The maximum absolute atomic E-state index is 13.5. The summed E-state index contributed by atoms with van der Waals surface area (Å²) in [6.07, 6.45) is 3.06. The van der Waals surface area contributed by atoms with E-state index in [1.54, 1.807) is 24.2 Å². The largest absolute Gasteiger partial charge is 0.332 e. The number of carbonyl (C=O) groups excluding carboxylic acids is 1. The van der Waals surface area contributed by atoms with E-state index in [9.17, 15) is 13.6 Å². The monoisotopic (exact) mass is 294 g/mol. The van der Waals surface area contributed by atoms with Crippen LogP contribution < -0.4 is 0 Å². The molecular formula is C16H20F2N2O. The predicted octanol–water partition coefficient (Wildman–Crippen LogP) is 3.49. The van der Waals surface area contributed by atoms with Gasteiger partial charge in [-0.3, -0.25) is 9.78 Å². The molecule has 0 saturated carbocycles. The highest BCUT2D eigenvalue weighted by Crippen LogP contribution is 2.52. The maximum atomic E-state index is 13.5. The van der Waals surface area contributed by atoms with Gasteiger partial charge < -0.3 is 4.90 Å². The Morgan fingerprint density at radius 3 is 2.81 bits per heavy atom. The number of nitrogens with zero attached hydrogens (tertiary/aromatic N) is 2. The summed E-state index contributed by atoms with van der Waals surface area (Å²) < 4.78 is 27.0. The molecule has 2 aliphatic rings. The lowest BCUT2D eigenvalue weighted by molar-refractivity contribution is -0.146. The number of hydrogen-bond donors (Lipinski definition) is 0. The number of amides is 1. The minimum absolute atomic E-state index is 0.0445. The number of rotatable bonds is 3. The first-order valence-corrected chi connectivity index (χ1v) is 7.52. The van der Waals surface area contributed by atoms with E-state index in [0.717, 1.165) is 24.0 Å². The number of pyridine rings is 1. The Morgan fingerprint density at radius 1 is 1.43 bits per heavy atom. The standard InChI is InChI=1S/C16H20F2N2O/c1-3-16(14(17)18)7-12-4-5-13(20(12)15(16)21)11-6-10(2)8-19-9-11/h6,8-9,12-14H,3-5,7H2,1-2H3/t12-,13+,16+/m0/s1. The molecule has 0 radical (unpaired) electrons. The van der Waals surface area contributed by atoms with Gasteiger partial charge >= 0.3 is 0 Å². The zero-order valence-corrected chi connectivity index (χ0v) is 12.4. The fourth-order valence-electron chi connectivity index (χ4n) is 3.88. The smallest absolute Gasteiger partial charge is 0.252 e.